The number of anilines is 2. The average molecular weight is 344 g/mol. The molecule has 2 aliphatic heterocycles. The van der Waals surface area contributed by atoms with E-state index in [4.69, 9.17) is 0 Å². The van der Waals surface area contributed by atoms with Crippen molar-refractivity contribution in [2.24, 2.45) is 5.41 Å². The quantitative estimate of drug-likeness (QED) is 0.879. The molecule has 2 saturated heterocycles. The number of hydrogen-bond acceptors (Lipinski definition) is 2. The molecule has 6 heteroatoms. The molecule has 1 atom stereocenters. The molecule has 2 fully saturated rings. The molecule has 0 aliphatic carbocycles. The van der Waals surface area contributed by atoms with Crippen molar-refractivity contribution in [2.75, 3.05) is 29.9 Å². The van der Waals surface area contributed by atoms with E-state index < -0.39 is 0 Å². The number of likely N-dealkylation sites (tertiary alicyclic amines) is 1. The summed E-state index contributed by atoms with van der Waals surface area (Å²) >= 11 is 0. The molecule has 25 heavy (non-hydrogen) atoms. The Bertz CT molecular complexity index is 653. The predicted molar refractivity (Wildman–Crippen MR) is 100 cm³/mol. The van der Waals surface area contributed by atoms with Gasteiger partial charge < -0.3 is 15.5 Å². The highest BCUT2D eigenvalue weighted by Gasteiger charge is 2.32. The van der Waals surface area contributed by atoms with Gasteiger partial charge in [-0.1, -0.05) is 26.8 Å². The lowest BCUT2D eigenvalue weighted by atomic mass is 9.87. The van der Waals surface area contributed by atoms with Gasteiger partial charge in [-0.3, -0.25) is 4.90 Å². The van der Waals surface area contributed by atoms with Crippen LogP contribution >= 0.6 is 0 Å². The average Bonchev–Trinajstić information content (AvgIpc) is 3.14. The Morgan fingerprint density at radius 2 is 2.12 bits per heavy atom. The van der Waals surface area contributed by atoms with E-state index in [2.05, 4.69) is 31.4 Å². The highest BCUT2D eigenvalue weighted by atomic mass is 16.2. The van der Waals surface area contributed by atoms with Crippen LogP contribution in [0.5, 0.6) is 0 Å². The minimum atomic E-state index is -0.0896. The van der Waals surface area contributed by atoms with Crippen molar-refractivity contribution in [3.05, 3.63) is 24.3 Å². The number of nitrogens with one attached hydrogen (secondary N) is 2. The minimum Gasteiger partial charge on any atom is -0.336 e. The molecule has 6 nitrogen and oxygen atoms in total. The maximum Gasteiger partial charge on any atom is 0.322 e. The maximum atomic E-state index is 12.7. The van der Waals surface area contributed by atoms with Crippen LogP contribution in [0.4, 0.5) is 21.0 Å². The van der Waals surface area contributed by atoms with Crippen molar-refractivity contribution in [1.82, 2.24) is 10.2 Å². The van der Waals surface area contributed by atoms with Crippen LogP contribution in [0.3, 0.4) is 0 Å². The summed E-state index contributed by atoms with van der Waals surface area (Å²) in [7, 11) is 0. The Morgan fingerprint density at radius 3 is 2.80 bits per heavy atom. The fourth-order valence-electron chi connectivity index (χ4n) is 3.69. The molecular formula is C19H28N4O2. The first-order valence-corrected chi connectivity index (χ1v) is 9.06. The Kier molecular flexibility index (Phi) is 4.88. The van der Waals surface area contributed by atoms with Crippen LogP contribution in [0.25, 0.3) is 0 Å². The molecule has 0 saturated carbocycles. The monoisotopic (exact) mass is 344 g/mol. The lowest BCUT2D eigenvalue weighted by Crippen LogP contribution is -2.40. The largest absolute Gasteiger partial charge is 0.336 e. The van der Waals surface area contributed by atoms with Crippen molar-refractivity contribution < 1.29 is 9.59 Å². The Balaban J connectivity index is 1.67. The smallest absolute Gasteiger partial charge is 0.322 e. The number of nitrogens with zero attached hydrogens (tertiary/aromatic N) is 2. The van der Waals surface area contributed by atoms with E-state index in [-0.39, 0.29) is 17.5 Å². The summed E-state index contributed by atoms with van der Waals surface area (Å²) in [6, 6.07) is 7.64. The summed E-state index contributed by atoms with van der Waals surface area (Å²) < 4.78 is 0. The first kappa shape index (κ1) is 17.6. The third-order valence-electron chi connectivity index (χ3n) is 4.75. The molecule has 0 unspecified atom stereocenters. The summed E-state index contributed by atoms with van der Waals surface area (Å²) in [5, 5.41) is 5.80. The molecule has 1 aromatic rings. The third kappa shape index (κ3) is 4.24. The predicted octanol–water partition coefficient (Wildman–Crippen LogP) is 3.65. The van der Waals surface area contributed by atoms with Crippen LogP contribution < -0.4 is 15.5 Å². The third-order valence-corrected chi connectivity index (χ3v) is 4.75. The van der Waals surface area contributed by atoms with Gasteiger partial charge in [0.2, 0.25) is 0 Å². The molecule has 3 rings (SSSR count). The van der Waals surface area contributed by atoms with E-state index in [0.717, 1.165) is 37.2 Å². The van der Waals surface area contributed by atoms with Crippen LogP contribution in [0.15, 0.2) is 24.3 Å². The number of benzene rings is 1. The molecule has 136 valence electrons. The zero-order valence-corrected chi connectivity index (χ0v) is 15.3. The minimum absolute atomic E-state index is 0.0465. The van der Waals surface area contributed by atoms with Crippen LogP contribution in [0.2, 0.25) is 0 Å². The number of carbonyl (C=O) groups excluding carboxylic acids is 2. The number of rotatable bonds is 3. The van der Waals surface area contributed by atoms with E-state index in [1.165, 1.54) is 0 Å². The first-order valence-electron chi connectivity index (χ1n) is 9.06. The zero-order chi connectivity index (χ0) is 18.0. The fourth-order valence-corrected chi connectivity index (χ4v) is 3.69. The van der Waals surface area contributed by atoms with E-state index in [1.807, 2.05) is 29.2 Å². The number of carbonyl (C=O) groups is 2. The normalized spacial score (nSPS) is 20.8. The fraction of sp³-hybridized carbons (Fsp3) is 0.579. The summed E-state index contributed by atoms with van der Waals surface area (Å²) in [6.07, 6.45) is 3.13. The first-order chi connectivity index (χ1) is 11.8. The molecule has 4 amide bonds. The van der Waals surface area contributed by atoms with E-state index in [0.29, 0.717) is 19.1 Å². The van der Waals surface area contributed by atoms with Gasteiger partial charge in [-0.2, -0.15) is 0 Å². The molecule has 2 heterocycles. The van der Waals surface area contributed by atoms with Crippen LogP contribution in [-0.2, 0) is 0 Å². The zero-order valence-electron chi connectivity index (χ0n) is 15.3. The SMILES string of the molecule is CC(C)(C)C[C@H]1CCCN1C(=O)Nc1cccc(N2CCNC2=O)c1. The van der Waals surface area contributed by atoms with Crippen LogP contribution in [-0.4, -0.2) is 42.6 Å². The Morgan fingerprint density at radius 1 is 1.32 bits per heavy atom. The van der Waals surface area contributed by atoms with Gasteiger partial charge in [-0.05, 0) is 42.9 Å². The summed E-state index contributed by atoms with van der Waals surface area (Å²) in [6.45, 7) is 8.75. The van der Waals surface area contributed by atoms with Gasteiger partial charge in [0, 0.05) is 37.1 Å². The summed E-state index contributed by atoms with van der Waals surface area (Å²) in [5.41, 5.74) is 1.74. The van der Waals surface area contributed by atoms with E-state index in [1.54, 1.807) is 4.90 Å². The highest BCUT2D eigenvalue weighted by molar-refractivity contribution is 5.95. The summed E-state index contributed by atoms with van der Waals surface area (Å²) in [4.78, 5) is 28.2. The van der Waals surface area contributed by atoms with Gasteiger partial charge >= 0.3 is 12.1 Å². The number of urea groups is 2. The van der Waals surface area contributed by atoms with Gasteiger partial charge in [-0.25, -0.2) is 9.59 Å². The second kappa shape index (κ2) is 6.94. The molecule has 2 N–H and O–H groups in total. The molecule has 1 aromatic carbocycles. The van der Waals surface area contributed by atoms with Crippen molar-refractivity contribution in [2.45, 2.75) is 46.1 Å². The van der Waals surface area contributed by atoms with Gasteiger partial charge in [0.25, 0.3) is 0 Å². The molecule has 0 bridgehead atoms. The molecule has 0 aromatic heterocycles. The lowest BCUT2D eigenvalue weighted by Gasteiger charge is -2.30. The van der Waals surface area contributed by atoms with E-state index in [9.17, 15) is 9.59 Å². The molecule has 2 aliphatic rings. The van der Waals surface area contributed by atoms with Crippen molar-refractivity contribution in [3.8, 4) is 0 Å². The second-order valence-corrected chi connectivity index (χ2v) is 8.12. The molecule has 0 radical (unpaired) electrons. The Labute approximate surface area is 149 Å². The lowest BCUT2D eigenvalue weighted by molar-refractivity contribution is 0.187. The number of hydrogen-bond donors (Lipinski definition) is 2. The van der Waals surface area contributed by atoms with Crippen LogP contribution in [0, 0.1) is 5.41 Å². The topological polar surface area (TPSA) is 64.7 Å². The Hall–Kier alpha value is -2.24. The molecular weight excluding hydrogens is 316 g/mol. The van der Waals surface area contributed by atoms with Gasteiger partial charge in [0.15, 0.2) is 0 Å². The van der Waals surface area contributed by atoms with Gasteiger partial charge in [0.1, 0.15) is 0 Å². The maximum absolute atomic E-state index is 12.7. The molecule has 0 spiro atoms. The van der Waals surface area contributed by atoms with Crippen molar-refractivity contribution in [3.63, 3.8) is 0 Å². The van der Waals surface area contributed by atoms with Crippen molar-refractivity contribution >= 4 is 23.4 Å². The standard InChI is InChI=1S/C19H28N4O2/c1-19(2,3)13-16-8-5-10-22(16)18(25)21-14-6-4-7-15(12-14)23-11-9-20-17(23)24/h4,6-7,12,16H,5,8-11,13H2,1-3H3,(H,20,24)(H,21,25)/t16-/m1/s1. The van der Waals surface area contributed by atoms with Gasteiger partial charge in [-0.15, -0.1) is 0 Å². The highest BCUT2D eigenvalue weighted by Crippen LogP contribution is 2.30. The second-order valence-electron chi connectivity index (χ2n) is 8.12. The summed E-state index contributed by atoms with van der Waals surface area (Å²) in [5.74, 6) is 0. The van der Waals surface area contributed by atoms with E-state index >= 15 is 0 Å². The van der Waals surface area contributed by atoms with Crippen molar-refractivity contribution in [1.29, 1.82) is 0 Å². The van der Waals surface area contributed by atoms with Gasteiger partial charge in [0.05, 0.1) is 0 Å². The number of amides is 4. The van der Waals surface area contributed by atoms with Crippen LogP contribution in [0.1, 0.15) is 40.0 Å².